The fourth-order valence-corrected chi connectivity index (χ4v) is 4.26. The van der Waals surface area contributed by atoms with Crippen LogP contribution in [0.25, 0.3) is 0 Å². The van der Waals surface area contributed by atoms with Gasteiger partial charge in [0.25, 0.3) is 0 Å². The van der Waals surface area contributed by atoms with Crippen LogP contribution >= 0.6 is 0 Å². The standard InChI is InChI=1S/C20H29N5O.2C2HF3O2/c1-23(15-18-5-3-4-8-21-18)19-11-20(26-16-19)6-9-25(10-7-20)14-17-12-22-24(2)13-17;2*3-2(4,5)1(6)7/h3-5,8,12-13,19H,6-7,9-11,14-16H2,1-2H3;2*(H,6,7). The molecular formula is C24H31F6N5O5. The van der Waals surface area contributed by atoms with Crippen molar-refractivity contribution in [2.45, 2.75) is 56.3 Å². The fraction of sp³-hybridized carbons (Fsp3) is 0.583. The quantitative estimate of drug-likeness (QED) is 0.511. The zero-order valence-electron chi connectivity index (χ0n) is 21.8. The van der Waals surface area contributed by atoms with Crippen LogP contribution in [0.3, 0.4) is 0 Å². The van der Waals surface area contributed by atoms with Gasteiger partial charge < -0.3 is 14.9 Å². The SMILES string of the molecule is CN(Cc1ccccn1)C1COC2(CCN(Cc3cnn(C)c3)CC2)C1.O=C(O)C(F)(F)F.O=C(O)C(F)(F)F. The second-order valence-corrected chi connectivity index (χ2v) is 9.49. The van der Waals surface area contributed by atoms with Crippen molar-refractivity contribution in [2.75, 3.05) is 26.7 Å². The molecule has 2 aliphatic heterocycles. The molecule has 40 heavy (non-hydrogen) atoms. The Balaban J connectivity index is 0.000000333. The van der Waals surface area contributed by atoms with E-state index in [1.165, 1.54) is 5.56 Å². The van der Waals surface area contributed by atoms with Crippen LogP contribution in [0, 0.1) is 0 Å². The van der Waals surface area contributed by atoms with E-state index in [0.29, 0.717) is 6.04 Å². The van der Waals surface area contributed by atoms with Crippen LogP contribution in [0.5, 0.6) is 0 Å². The molecule has 2 aliphatic rings. The van der Waals surface area contributed by atoms with Gasteiger partial charge in [-0.25, -0.2) is 9.59 Å². The van der Waals surface area contributed by atoms with Crippen molar-refractivity contribution in [1.82, 2.24) is 24.6 Å². The Morgan fingerprint density at radius 3 is 2.12 bits per heavy atom. The number of nitrogens with zero attached hydrogens (tertiary/aromatic N) is 5. The van der Waals surface area contributed by atoms with E-state index < -0.39 is 24.3 Å². The highest BCUT2D eigenvalue weighted by Gasteiger charge is 2.44. The summed E-state index contributed by atoms with van der Waals surface area (Å²) in [4.78, 5) is 27.2. The number of hydrogen-bond acceptors (Lipinski definition) is 7. The van der Waals surface area contributed by atoms with Crippen LogP contribution in [0.2, 0.25) is 0 Å². The molecule has 4 heterocycles. The van der Waals surface area contributed by atoms with Crippen LogP contribution in [0.1, 0.15) is 30.5 Å². The van der Waals surface area contributed by atoms with Crippen LogP contribution in [-0.2, 0) is 34.5 Å². The summed E-state index contributed by atoms with van der Waals surface area (Å²) >= 11 is 0. The minimum Gasteiger partial charge on any atom is -0.475 e. The Morgan fingerprint density at radius 2 is 1.68 bits per heavy atom. The molecule has 4 rings (SSSR count). The van der Waals surface area contributed by atoms with Crippen LogP contribution < -0.4 is 0 Å². The lowest BCUT2D eigenvalue weighted by Crippen LogP contribution is -2.44. The fourth-order valence-electron chi connectivity index (χ4n) is 4.26. The van der Waals surface area contributed by atoms with Gasteiger partial charge >= 0.3 is 24.3 Å². The van der Waals surface area contributed by atoms with E-state index in [-0.39, 0.29) is 5.60 Å². The number of ether oxygens (including phenoxy) is 1. The number of carbonyl (C=O) groups is 2. The first-order valence-corrected chi connectivity index (χ1v) is 12.0. The maximum atomic E-state index is 10.6. The number of aryl methyl sites for hydroxylation is 1. The number of likely N-dealkylation sites (N-methyl/N-ethyl adjacent to an activating group) is 1. The molecule has 2 aromatic heterocycles. The van der Waals surface area contributed by atoms with Gasteiger partial charge in [-0.1, -0.05) is 6.07 Å². The van der Waals surface area contributed by atoms with E-state index >= 15 is 0 Å². The Kier molecular flexibility index (Phi) is 11.5. The Morgan fingerprint density at radius 1 is 1.10 bits per heavy atom. The summed E-state index contributed by atoms with van der Waals surface area (Å²) in [6, 6.07) is 6.61. The maximum absolute atomic E-state index is 10.6. The van der Waals surface area contributed by atoms with Crippen molar-refractivity contribution in [3.8, 4) is 0 Å². The van der Waals surface area contributed by atoms with Gasteiger partial charge in [-0.15, -0.1) is 0 Å². The van der Waals surface area contributed by atoms with Crippen LogP contribution in [0.15, 0.2) is 36.8 Å². The van der Waals surface area contributed by atoms with Gasteiger partial charge in [-0.05, 0) is 38.4 Å². The van der Waals surface area contributed by atoms with Gasteiger partial charge in [0.1, 0.15) is 0 Å². The van der Waals surface area contributed by atoms with Gasteiger partial charge in [0.05, 0.1) is 24.1 Å². The molecule has 2 saturated heterocycles. The largest absolute Gasteiger partial charge is 0.490 e. The lowest BCUT2D eigenvalue weighted by atomic mass is 9.87. The van der Waals surface area contributed by atoms with E-state index in [1.807, 2.05) is 30.2 Å². The Hall–Kier alpha value is -3.24. The van der Waals surface area contributed by atoms with Crippen molar-refractivity contribution in [3.63, 3.8) is 0 Å². The van der Waals surface area contributed by atoms with Gasteiger partial charge in [0.15, 0.2) is 0 Å². The normalized spacial score (nSPS) is 19.0. The lowest BCUT2D eigenvalue weighted by molar-refractivity contribution is -0.193. The average Bonchev–Trinajstić information content (AvgIpc) is 3.47. The third-order valence-electron chi connectivity index (χ3n) is 6.37. The maximum Gasteiger partial charge on any atom is 0.490 e. The predicted octanol–water partition coefficient (Wildman–Crippen LogP) is 3.34. The minimum absolute atomic E-state index is 0.0779. The highest BCUT2D eigenvalue weighted by molar-refractivity contribution is 5.73. The van der Waals surface area contributed by atoms with Gasteiger partial charge in [-0.3, -0.25) is 19.5 Å². The molecule has 1 spiro atoms. The molecule has 2 N–H and O–H groups in total. The van der Waals surface area contributed by atoms with Crippen molar-refractivity contribution in [2.24, 2.45) is 7.05 Å². The molecule has 0 saturated carbocycles. The van der Waals surface area contributed by atoms with Gasteiger partial charge in [0.2, 0.25) is 0 Å². The number of hydrogen-bond donors (Lipinski definition) is 2. The van der Waals surface area contributed by atoms with E-state index in [9.17, 15) is 26.3 Å². The van der Waals surface area contributed by atoms with E-state index in [4.69, 9.17) is 24.5 Å². The zero-order chi connectivity index (χ0) is 30.1. The molecule has 16 heteroatoms. The predicted molar refractivity (Wildman–Crippen MR) is 128 cm³/mol. The summed E-state index contributed by atoms with van der Waals surface area (Å²) in [5.74, 6) is -5.51. The topological polar surface area (TPSA) is 121 Å². The Labute approximate surface area is 226 Å². The van der Waals surface area contributed by atoms with Gasteiger partial charge in [0, 0.05) is 57.2 Å². The summed E-state index contributed by atoms with van der Waals surface area (Å²) in [7, 11) is 4.17. The molecule has 0 radical (unpaired) electrons. The monoisotopic (exact) mass is 583 g/mol. The van der Waals surface area contributed by atoms with Crippen molar-refractivity contribution in [1.29, 1.82) is 0 Å². The average molecular weight is 584 g/mol. The third-order valence-corrected chi connectivity index (χ3v) is 6.37. The van der Waals surface area contributed by atoms with Crippen molar-refractivity contribution >= 4 is 11.9 Å². The third kappa shape index (κ3) is 10.7. The second kappa shape index (κ2) is 13.9. The minimum atomic E-state index is -5.08. The molecule has 10 nitrogen and oxygen atoms in total. The summed E-state index contributed by atoms with van der Waals surface area (Å²) in [6.07, 6.45) is -0.828. The number of halogens is 6. The lowest BCUT2D eigenvalue weighted by Gasteiger charge is -2.38. The first kappa shape index (κ1) is 33.0. The number of rotatable bonds is 5. The summed E-state index contributed by atoms with van der Waals surface area (Å²) in [5, 5.41) is 18.5. The first-order valence-electron chi connectivity index (χ1n) is 12.0. The summed E-state index contributed by atoms with van der Waals surface area (Å²) < 4.78 is 71.7. The summed E-state index contributed by atoms with van der Waals surface area (Å²) in [5.41, 5.74) is 2.50. The molecular weight excluding hydrogens is 552 g/mol. The Bertz CT molecular complexity index is 1060. The molecule has 0 aromatic carbocycles. The van der Waals surface area contributed by atoms with E-state index in [2.05, 4.69) is 45.3 Å². The second-order valence-electron chi connectivity index (χ2n) is 9.49. The molecule has 0 bridgehead atoms. The summed E-state index contributed by atoms with van der Waals surface area (Å²) in [6.45, 7) is 4.92. The molecule has 2 fully saturated rings. The number of carboxylic acids is 2. The first-order chi connectivity index (χ1) is 18.5. The van der Waals surface area contributed by atoms with Crippen LogP contribution in [0.4, 0.5) is 26.3 Å². The molecule has 2 aromatic rings. The van der Waals surface area contributed by atoms with Crippen LogP contribution in [-0.4, -0.2) is 97.5 Å². The van der Waals surface area contributed by atoms with E-state index in [0.717, 1.165) is 57.7 Å². The smallest absolute Gasteiger partial charge is 0.475 e. The van der Waals surface area contributed by atoms with E-state index in [1.54, 1.807) is 0 Å². The number of likely N-dealkylation sites (tertiary alicyclic amines) is 1. The highest BCUT2D eigenvalue weighted by atomic mass is 19.4. The molecule has 224 valence electrons. The van der Waals surface area contributed by atoms with Gasteiger partial charge in [-0.2, -0.15) is 31.4 Å². The molecule has 0 aliphatic carbocycles. The highest BCUT2D eigenvalue weighted by Crippen LogP contribution is 2.38. The number of piperidine rings is 1. The number of carboxylic acid groups (broad SMARTS) is 2. The number of alkyl halides is 6. The number of aliphatic carboxylic acids is 2. The molecule has 1 unspecified atom stereocenters. The van der Waals surface area contributed by atoms with Crippen molar-refractivity contribution < 1.29 is 50.9 Å². The molecule has 1 atom stereocenters. The number of pyridine rings is 1. The number of aromatic nitrogens is 3. The molecule has 0 amide bonds. The van der Waals surface area contributed by atoms with Crippen molar-refractivity contribution in [3.05, 3.63) is 48.0 Å². The zero-order valence-corrected chi connectivity index (χ0v) is 21.8.